The number of nitrogens with zero attached hydrogens (tertiary/aromatic N) is 1. The van der Waals surface area contributed by atoms with Crippen LogP contribution in [0.15, 0.2) is 52.1 Å². The maximum Gasteiger partial charge on any atom is 0.411 e. The number of aliphatic imine (C=N–C) groups is 1. The molecule has 1 aromatic carbocycles. The number of nitrogens with one attached hydrogen (secondary N) is 2. The van der Waals surface area contributed by atoms with Gasteiger partial charge in [0.05, 0.1) is 25.5 Å². The summed E-state index contributed by atoms with van der Waals surface area (Å²) in [6.45, 7) is 1.13. The first kappa shape index (κ1) is 26.5. The topological polar surface area (TPSA) is 68.0 Å². The van der Waals surface area contributed by atoms with Gasteiger partial charge in [0.15, 0.2) is 5.96 Å². The number of hydrogen-bond donors (Lipinski definition) is 2. The van der Waals surface area contributed by atoms with Crippen molar-refractivity contribution in [3.05, 3.63) is 59.5 Å². The number of benzene rings is 1. The average Bonchev–Trinajstić information content (AvgIpc) is 3.43. The van der Waals surface area contributed by atoms with E-state index in [0.717, 1.165) is 37.2 Å². The van der Waals surface area contributed by atoms with Gasteiger partial charge in [-0.05, 0) is 36.1 Å². The van der Waals surface area contributed by atoms with Gasteiger partial charge in [-0.1, -0.05) is 24.3 Å². The van der Waals surface area contributed by atoms with Gasteiger partial charge >= 0.3 is 6.18 Å². The highest BCUT2D eigenvalue weighted by Gasteiger charge is 2.27. The third-order valence-corrected chi connectivity index (χ3v) is 4.71. The maximum absolute atomic E-state index is 12.3. The van der Waals surface area contributed by atoms with Gasteiger partial charge in [-0.2, -0.15) is 13.2 Å². The maximum atomic E-state index is 12.3. The molecular weight excluding hydrogens is 538 g/mol. The Morgan fingerprint density at radius 1 is 1.16 bits per heavy atom. The molecule has 1 saturated heterocycles. The number of alkyl halides is 3. The number of halogens is 4. The zero-order chi connectivity index (χ0) is 21.9. The van der Waals surface area contributed by atoms with Gasteiger partial charge in [0, 0.05) is 26.1 Å². The second kappa shape index (κ2) is 13.7. The van der Waals surface area contributed by atoms with Crippen molar-refractivity contribution in [2.24, 2.45) is 4.99 Å². The second-order valence-corrected chi connectivity index (χ2v) is 7.36. The van der Waals surface area contributed by atoms with Crippen LogP contribution in [0.5, 0.6) is 0 Å². The fourth-order valence-corrected chi connectivity index (χ4v) is 3.22. The summed E-state index contributed by atoms with van der Waals surface area (Å²) in [5, 5.41) is 6.60. The van der Waals surface area contributed by atoms with Crippen molar-refractivity contribution >= 4 is 29.9 Å². The molecule has 1 fully saturated rings. The number of furan rings is 1. The zero-order valence-electron chi connectivity index (χ0n) is 17.7. The zero-order valence-corrected chi connectivity index (χ0v) is 20.0. The van der Waals surface area contributed by atoms with E-state index in [-0.39, 0.29) is 36.7 Å². The molecule has 1 aromatic heterocycles. The lowest BCUT2D eigenvalue weighted by Crippen LogP contribution is -2.41. The van der Waals surface area contributed by atoms with E-state index >= 15 is 0 Å². The Labute approximate surface area is 203 Å². The molecule has 2 N–H and O–H groups in total. The number of rotatable bonds is 10. The molecule has 0 bridgehead atoms. The SMILES string of the molecule is FC(F)(F)COCc1cccc(CN=C(NCCc2ccco2)NCC2CCCO2)c1.I. The predicted molar refractivity (Wildman–Crippen MR) is 126 cm³/mol. The molecule has 0 radical (unpaired) electrons. The first-order valence-electron chi connectivity index (χ1n) is 10.4. The summed E-state index contributed by atoms with van der Waals surface area (Å²) in [6.07, 6.45) is 0.296. The summed E-state index contributed by atoms with van der Waals surface area (Å²) in [6, 6.07) is 11.0. The summed E-state index contributed by atoms with van der Waals surface area (Å²) in [4.78, 5) is 4.62. The molecule has 2 aromatic rings. The van der Waals surface area contributed by atoms with Crippen molar-refractivity contribution < 1.29 is 27.1 Å². The Kier molecular flexibility index (Phi) is 11.3. The van der Waals surface area contributed by atoms with Crippen molar-refractivity contribution in [2.75, 3.05) is 26.3 Å². The highest BCUT2D eigenvalue weighted by molar-refractivity contribution is 14.0. The molecule has 32 heavy (non-hydrogen) atoms. The molecule has 178 valence electrons. The van der Waals surface area contributed by atoms with Crippen LogP contribution in [-0.2, 0) is 29.0 Å². The van der Waals surface area contributed by atoms with Crippen LogP contribution >= 0.6 is 24.0 Å². The molecule has 6 nitrogen and oxygen atoms in total. The normalized spacial score (nSPS) is 16.6. The van der Waals surface area contributed by atoms with Crippen LogP contribution in [0.3, 0.4) is 0 Å². The van der Waals surface area contributed by atoms with Crippen molar-refractivity contribution in [2.45, 2.75) is 44.7 Å². The molecule has 0 aliphatic carbocycles. The highest BCUT2D eigenvalue weighted by atomic mass is 127. The molecule has 1 unspecified atom stereocenters. The molecule has 2 heterocycles. The fourth-order valence-electron chi connectivity index (χ4n) is 3.22. The molecule has 0 amide bonds. The molecule has 1 aliphatic rings. The quantitative estimate of drug-likeness (QED) is 0.253. The molecular formula is C22H29F3IN3O3. The van der Waals surface area contributed by atoms with E-state index in [9.17, 15) is 13.2 Å². The monoisotopic (exact) mass is 567 g/mol. The smallest absolute Gasteiger partial charge is 0.411 e. The van der Waals surface area contributed by atoms with Crippen LogP contribution in [0.4, 0.5) is 13.2 Å². The average molecular weight is 567 g/mol. The molecule has 0 spiro atoms. The summed E-state index contributed by atoms with van der Waals surface area (Å²) >= 11 is 0. The largest absolute Gasteiger partial charge is 0.469 e. The minimum atomic E-state index is -4.33. The lowest BCUT2D eigenvalue weighted by molar-refractivity contribution is -0.176. The number of guanidine groups is 1. The third kappa shape index (κ3) is 10.2. The standard InChI is InChI=1S/C22H28F3N3O3.HI/c23-22(24,25)16-29-15-18-5-1-4-17(12-18)13-27-21(28-14-20-7-3-11-31-20)26-9-8-19-6-2-10-30-19;/h1-2,4-6,10,12,20H,3,7-9,11,13-16H2,(H2,26,27,28);1H. The van der Waals surface area contributed by atoms with E-state index in [1.54, 1.807) is 24.5 Å². The third-order valence-electron chi connectivity index (χ3n) is 4.71. The van der Waals surface area contributed by atoms with Crippen molar-refractivity contribution in [1.82, 2.24) is 10.6 Å². The molecule has 10 heteroatoms. The Hall–Kier alpha value is -1.79. The molecule has 3 rings (SSSR count). The van der Waals surface area contributed by atoms with Crippen molar-refractivity contribution in [3.63, 3.8) is 0 Å². The summed E-state index contributed by atoms with van der Waals surface area (Å²) < 4.78 is 52.5. The summed E-state index contributed by atoms with van der Waals surface area (Å²) in [7, 11) is 0. The van der Waals surface area contributed by atoms with Gasteiger partial charge in [0.25, 0.3) is 0 Å². The van der Waals surface area contributed by atoms with Crippen LogP contribution in [-0.4, -0.2) is 44.5 Å². The summed E-state index contributed by atoms with van der Waals surface area (Å²) in [5.41, 5.74) is 1.56. The lowest BCUT2D eigenvalue weighted by atomic mass is 10.1. The molecule has 1 atom stereocenters. The van der Waals surface area contributed by atoms with E-state index in [1.807, 2.05) is 18.2 Å². The van der Waals surface area contributed by atoms with Gasteiger partial charge in [0.1, 0.15) is 12.4 Å². The Morgan fingerprint density at radius 2 is 2.00 bits per heavy atom. The van der Waals surface area contributed by atoms with Crippen LogP contribution in [0.25, 0.3) is 0 Å². The van der Waals surface area contributed by atoms with Crippen molar-refractivity contribution in [1.29, 1.82) is 0 Å². The first-order chi connectivity index (χ1) is 15.0. The van der Waals surface area contributed by atoms with E-state index in [2.05, 4.69) is 15.6 Å². The van der Waals surface area contributed by atoms with Gasteiger partial charge in [-0.3, -0.25) is 0 Å². The Balaban J connectivity index is 0.00000363. The van der Waals surface area contributed by atoms with Crippen LogP contribution < -0.4 is 10.6 Å². The Bertz CT molecular complexity index is 810. The van der Waals surface area contributed by atoms with Gasteiger partial charge in [-0.25, -0.2) is 4.99 Å². The van der Waals surface area contributed by atoms with E-state index < -0.39 is 12.8 Å². The molecule has 0 saturated carbocycles. The summed E-state index contributed by atoms with van der Waals surface area (Å²) in [5.74, 6) is 1.54. The van der Waals surface area contributed by atoms with E-state index in [4.69, 9.17) is 13.9 Å². The fraction of sp³-hybridized carbons (Fsp3) is 0.500. The minimum absolute atomic E-state index is 0. The Morgan fingerprint density at radius 3 is 2.72 bits per heavy atom. The first-order valence-corrected chi connectivity index (χ1v) is 10.4. The highest BCUT2D eigenvalue weighted by Crippen LogP contribution is 2.16. The van der Waals surface area contributed by atoms with E-state index in [0.29, 0.717) is 31.2 Å². The predicted octanol–water partition coefficient (Wildman–Crippen LogP) is 4.43. The van der Waals surface area contributed by atoms with Gasteiger partial charge in [-0.15, -0.1) is 24.0 Å². The second-order valence-electron chi connectivity index (χ2n) is 7.36. The van der Waals surface area contributed by atoms with Crippen molar-refractivity contribution in [3.8, 4) is 0 Å². The van der Waals surface area contributed by atoms with Crippen LogP contribution in [0, 0.1) is 0 Å². The number of hydrogen-bond acceptors (Lipinski definition) is 4. The van der Waals surface area contributed by atoms with Gasteiger partial charge in [0.2, 0.25) is 0 Å². The minimum Gasteiger partial charge on any atom is -0.469 e. The molecule has 1 aliphatic heterocycles. The van der Waals surface area contributed by atoms with Gasteiger partial charge < -0.3 is 24.5 Å². The lowest BCUT2D eigenvalue weighted by Gasteiger charge is -2.15. The van der Waals surface area contributed by atoms with Crippen LogP contribution in [0.2, 0.25) is 0 Å². The van der Waals surface area contributed by atoms with Crippen LogP contribution in [0.1, 0.15) is 29.7 Å². The number of ether oxygens (including phenoxy) is 2. The van der Waals surface area contributed by atoms with E-state index in [1.165, 1.54) is 0 Å².